The first-order valence-electron chi connectivity index (χ1n) is 4.48. The Bertz CT molecular complexity index is 105. The molecule has 0 radical (unpaired) electrons. The fraction of sp³-hybridized carbons (Fsp3) is 1.00. The summed E-state index contributed by atoms with van der Waals surface area (Å²) >= 11 is 0. The van der Waals surface area contributed by atoms with Crippen LogP contribution in [0.4, 0.5) is 0 Å². The van der Waals surface area contributed by atoms with Crippen LogP contribution in [0.15, 0.2) is 0 Å². The summed E-state index contributed by atoms with van der Waals surface area (Å²) in [6.45, 7) is 7.38. The molecule has 0 aromatic carbocycles. The minimum atomic E-state index is -0.289. The van der Waals surface area contributed by atoms with E-state index < -0.39 is 0 Å². The number of methoxy groups -OCH3 is 1. The third-order valence-electron chi connectivity index (χ3n) is 1.83. The zero-order valence-corrected chi connectivity index (χ0v) is 8.50. The zero-order valence-electron chi connectivity index (χ0n) is 8.50. The van der Waals surface area contributed by atoms with Crippen molar-refractivity contribution in [2.75, 3.05) is 20.3 Å². The fourth-order valence-electron chi connectivity index (χ4n) is 0.989. The van der Waals surface area contributed by atoms with Crippen LogP contribution in [0.25, 0.3) is 0 Å². The third-order valence-corrected chi connectivity index (χ3v) is 1.83. The van der Waals surface area contributed by atoms with Gasteiger partial charge in [-0.2, -0.15) is 0 Å². The number of aliphatic hydroxyl groups excluding tert-OH is 1. The lowest BCUT2D eigenvalue weighted by molar-refractivity contribution is 0.129. The predicted octanol–water partition coefficient (Wildman–Crippen LogP) is 0.628. The Morgan fingerprint density at radius 3 is 2.25 bits per heavy atom. The Morgan fingerprint density at radius 1 is 1.33 bits per heavy atom. The van der Waals surface area contributed by atoms with Gasteiger partial charge in [0, 0.05) is 19.7 Å². The highest BCUT2D eigenvalue weighted by atomic mass is 16.5. The van der Waals surface area contributed by atoms with Gasteiger partial charge in [0.1, 0.15) is 0 Å². The van der Waals surface area contributed by atoms with Crippen molar-refractivity contribution in [3.05, 3.63) is 0 Å². The van der Waals surface area contributed by atoms with E-state index in [4.69, 9.17) is 9.84 Å². The van der Waals surface area contributed by atoms with Gasteiger partial charge in [-0.15, -0.1) is 0 Å². The Morgan fingerprint density at radius 2 is 1.92 bits per heavy atom. The number of hydrogen-bond acceptors (Lipinski definition) is 3. The van der Waals surface area contributed by atoms with Crippen LogP contribution in [0.3, 0.4) is 0 Å². The minimum absolute atomic E-state index is 0.289. The zero-order chi connectivity index (χ0) is 9.56. The van der Waals surface area contributed by atoms with Crippen LogP contribution in [0.1, 0.15) is 20.8 Å². The number of aliphatic hydroxyl groups is 1. The summed E-state index contributed by atoms with van der Waals surface area (Å²) in [4.78, 5) is 0. The highest BCUT2D eigenvalue weighted by Gasteiger charge is 2.12. The summed E-state index contributed by atoms with van der Waals surface area (Å²) in [5.41, 5.74) is 0. The molecule has 0 spiro atoms. The average molecular weight is 175 g/mol. The monoisotopic (exact) mass is 175 g/mol. The second-order valence-corrected chi connectivity index (χ2v) is 3.56. The number of ether oxygens (including phenoxy) is 1. The Kier molecular flexibility index (Phi) is 6.34. The average Bonchev–Trinajstić information content (AvgIpc) is 1.96. The summed E-state index contributed by atoms with van der Waals surface area (Å²) < 4.78 is 5.05. The maximum absolute atomic E-state index is 9.05. The van der Waals surface area contributed by atoms with E-state index in [-0.39, 0.29) is 6.10 Å². The molecule has 0 bridgehead atoms. The molecule has 2 N–H and O–H groups in total. The molecule has 0 heterocycles. The molecule has 0 aromatic heterocycles. The van der Waals surface area contributed by atoms with Gasteiger partial charge in [-0.3, -0.25) is 0 Å². The molecule has 0 saturated carbocycles. The summed E-state index contributed by atoms with van der Waals surface area (Å²) in [5.74, 6) is 0.531. The molecule has 0 aliphatic rings. The molecule has 74 valence electrons. The molecule has 0 aliphatic carbocycles. The van der Waals surface area contributed by atoms with Gasteiger partial charge in [-0.25, -0.2) is 0 Å². The molecule has 0 rings (SSSR count). The first-order chi connectivity index (χ1) is 5.57. The number of hydrogen-bond donors (Lipinski definition) is 2. The highest BCUT2D eigenvalue weighted by molar-refractivity contribution is 4.70. The van der Waals surface area contributed by atoms with Crippen LogP contribution in [0.5, 0.6) is 0 Å². The number of nitrogens with one attached hydrogen (secondary N) is 1. The van der Waals surface area contributed by atoms with E-state index in [2.05, 4.69) is 19.2 Å². The maximum Gasteiger partial charge on any atom is 0.0636 e. The topological polar surface area (TPSA) is 41.5 Å². The lowest BCUT2D eigenvalue weighted by Crippen LogP contribution is -2.41. The minimum Gasteiger partial charge on any atom is -0.392 e. The van der Waals surface area contributed by atoms with Crippen LogP contribution in [0.2, 0.25) is 0 Å². The predicted molar refractivity (Wildman–Crippen MR) is 50.2 cm³/mol. The fourth-order valence-corrected chi connectivity index (χ4v) is 0.989. The second kappa shape index (κ2) is 6.40. The molecule has 12 heavy (non-hydrogen) atoms. The van der Waals surface area contributed by atoms with Crippen LogP contribution in [-0.2, 0) is 4.74 Å². The summed E-state index contributed by atoms with van der Waals surface area (Å²) in [6.07, 6.45) is -0.289. The van der Waals surface area contributed by atoms with E-state index in [1.165, 1.54) is 0 Å². The first-order valence-corrected chi connectivity index (χ1v) is 4.48. The van der Waals surface area contributed by atoms with Crippen molar-refractivity contribution in [3.8, 4) is 0 Å². The normalized spacial score (nSPS) is 16.5. The van der Waals surface area contributed by atoms with Gasteiger partial charge in [0.05, 0.1) is 12.7 Å². The largest absolute Gasteiger partial charge is 0.392 e. The van der Waals surface area contributed by atoms with E-state index in [1.54, 1.807) is 14.0 Å². The molecular formula is C9H21NO2. The summed E-state index contributed by atoms with van der Waals surface area (Å²) in [7, 11) is 1.69. The molecule has 0 fully saturated rings. The van der Waals surface area contributed by atoms with Crippen LogP contribution in [-0.4, -0.2) is 37.5 Å². The van der Waals surface area contributed by atoms with Crippen molar-refractivity contribution in [2.45, 2.75) is 32.9 Å². The molecule has 3 nitrogen and oxygen atoms in total. The molecule has 3 heteroatoms. The highest BCUT2D eigenvalue weighted by Crippen LogP contribution is 2.01. The first kappa shape index (κ1) is 11.9. The van der Waals surface area contributed by atoms with Gasteiger partial charge in [0.15, 0.2) is 0 Å². The van der Waals surface area contributed by atoms with Crippen LogP contribution < -0.4 is 5.32 Å². The second-order valence-electron chi connectivity index (χ2n) is 3.56. The molecule has 2 unspecified atom stereocenters. The van der Waals surface area contributed by atoms with Gasteiger partial charge >= 0.3 is 0 Å². The van der Waals surface area contributed by atoms with Crippen molar-refractivity contribution in [3.63, 3.8) is 0 Å². The SMILES string of the molecule is COCC(NCC(C)O)C(C)C. The quantitative estimate of drug-likeness (QED) is 0.622. The Balaban J connectivity index is 3.63. The molecule has 0 aromatic rings. The molecule has 0 amide bonds. The van der Waals surface area contributed by atoms with Crippen LogP contribution >= 0.6 is 0 Å². The molecule has 2 atom stereocenters. The number of rotatable bonds is 6. The third kappa shape index (κ3) is 5.52. The molecular weight excluding hydrogens is 154 g/mol. The maximum atomic E-state index is 9.05. The van der Waals surface area contributed by atoms with Crippen molar-refractivity contribution in [1.29, 1.82) is 0 Å². The van der Waals surface area contributed by atoms with E-state index in [0.717, 1.165) is 0 Å². The molecule has 0 saturated heterocycles. The van der Waals surface area contributed by atoms with Crippen LogP contribution in [0, 0.1) is 5.92 Å². The van der Waals surface area contributed by atoms with E-state index in [0.29, 0.717) is 25.1 Å². The van der Waals surface area contributed by atoms with Crippen molar-refractivity contribution < 1.29 is 9.84 Å². The van der Waals surface area contributed by atoms with Gasteiger partial charge in [0.2, 0.25) is 0 Å². The summed E-state index contributed by atoms with van der Waals surface area (Å²) in [6, 6.07) is 0.338. The smallest absolute Gasteiger partial charge is 0.0636 e. The lowest BCUT2D eigenvalue weighted by Gasteiger charge is -2.22. The Hall–Kier alpha value is -0.120. The molecule has 0 aliphatic heterocycles. The van der Waals surface area contributed by atoms with Crippen molar-refractivity contribution >= 4 is 0 Å². The standard InChI is InChI=1S/C9H21NO2/c1-7(2)9(6-12-4)10-5-8(3)11/h7-11H,5-6H2,1-4H3. The van der Waals surface area contributed by atoms with E-state index in [9.17, 15) is 0 Å². The van der Waals surface area contributed by atoms with Gasteiger partial charge in [-0.1, -0.05) is 13.8 Å². The van der Waals surface area contributed by atoms with E-state index in [1.807, 2.05) is 0 Å². The van der Waals surface area contributed by atoms with E-state index >= 15 is 0 Å². The van der Waals surface area contributed by atoms with Crippen molar-refractivity contribution in [1.82, 2.24) is 5.32 Å². The Labute approximate surface area is 75.1 Å². The van der Waals surface area contributed by atoms with Gasteiger partial charge in [0.25, 0.3) is 0 Å². The summed E-state index contributed by atoms with van der Waals surface area (Å²) in [5, 5.41) is 12.3. The van der Waals surface area contributed by atoms with Gasteiger partial charge in [-0.05, 0) is 12.8 Å². The van der Waals surface area contributed by atoms with Crippen molar-refractivity contribution in [2.24, 2.45) is 5.92 Å². The lowest BCUT2D eigenvalue weighted by atomic mass is 10.1. The van der Waals surface area contributed by atoms with Gasteiger partial charge < -0.3 is 15.2 Å².